The Hall–Kier alpha value is -2.93. The van der Waals surface area contributed by atoms with Crippen LogP contribution in [-0.2, 0) is 5.75 Å². The molecule has 0 saturated carbocycles. The molecule has 0 aliphatic carbocycles. The SMILES string of the molecule is Cc1cc(CSc2nnc(-c3ccncc3)n2-c2ccc(C)c(C)c2)no1. The van der Waals surface area contributed by atoms with Gasteiger partial charge in [-0.25, -0.2) is 0 Å². The van der Waals surface area contributed by atoms with Gasteiger partial charge in [-0.05, 0) is 56.2 Å². The van der Waals surface area contributed by atoms with Crippen LogP contribution in [0.3, 0.4) is 0 Å². The van der Waals surface area contributed by atoms with Crippen LogP contribution < -0.4 is 0 Å². The molecule has 0 unspecified atom stereocenters. The van der Waals surface area contributed by atoms with E-state index in [0.717, 1.165) is 33.7 Å². The number of hydrogen-bond donors (Lipinski definition) is 0. The molecular formula is C20H19N5OS. The van der Waals surface area contributed by atoms with Crippen LogP contribution >= 0.6 is 11.8 Å². The molecule has 6 nitrogen and oxygen atoms in total. The first-order valence-corrected chi connectivity index (χ1v) is 9.59. The summed E-state index contributed by atoms with van der Waals surface area (Å²) >= 11 is 1.59. The third kappa shape index (κ3) is 3.64. The molecule has 0 N–H and O–H groups in total. The van der Waals surface area contributed by atoms with E-state index in [1.807, 2.05) is 25.1 Å². The summed E-state index contributed by atoms with van der Waals surface area (Å²) in [6.07, 6.45) is 3.53. The second-order valence-electron chi connectivity index (χ2n) is 6.36. The van der Waals surface area contributed by atoms with Crippen LogP contribution in [0.1, 0.15) is 22.6 Å². The lowest BCUT2D eigenvalue weighted by atomic mass is 10.1. The number of aryl methyl sites for hydroxylation is 3. The molecule has 1 aromatic carbocycles. The Kier molecular flexibility index (Phi) is 4.77. The molecule has 3 heterocycles. The van der Waals surface area contributed by atoms with Gasteiger partial charge in [-0.1, -0.05) is 23.0 Å². The van der Waals surface area contributed by atoms with Gasteiger partial charge in [0.2, 0.25) is 0 Å². The molecule has 4 rings (SSSR count). The van der Waals surface area contributed by atoms with Crippen molar-refractivity contribution in [3.63, 3.8) is 0 Å². The van der Waals surface area contributed by atoms with Gasteiger partial charge in [-0.15, -0.1) is 10.2 Å². The van der Waals surface area contributed by atoms with Gasteiger partial charge in [0, 0.05) is 29.8 Å². The van der Waals surface area contributed by atoms with Crippen molar-refractivity contribution in [1.29, 1.82) is 0 Å². The lowest BCUT2D eigenvalue weighted by Gasteiger charge is -2.12. The van der Waals surface area contributed by atoms with Gasteiger partial charge < -0.3 is 4.52 Å². The first-order valence-electron chi connectivity index (χ1n) is 8.60. The van der Waals surface area contributed by atoms with Crippen LogP contribution in [0.15, 0.2) is 58.5 Å². The maximum absolute atomic E-state index is 5.16. The van der Waals surface area contributed by atoms with Crippen LogP contribution in [0.4, 0.5) is 0 Å². The van der Waals surface area contributed by atoms with Gasteiger partial charge in [0.1, 0.15) is 5.76 Å². The summed E-state index contributed by atoms with van der Waals surface area (Å²) in [5.41, 5.74) is 5.38. The van der Waals surface area contributed by atoms with Crippen LogP contribution in [0, 0.1) is 20.8 Å². The van der Waals surface area contributed by atoms with E-state index in [-0.39, 0.29) is 0 Å². The van der Waals surface area contributed by atoms with Gasteiger partial charge in [-0.3, -0.25) is 9.55 Å². The summed E-state index contributed by atoms with van der Waals surface area (Å²) in [6.45, 7) is 6.11. The van der Waals surface area contributed by atoms with Crippen molar-refractivity contribution >= 4 is 11.8 Å². The minimum Gasteiger partial charge on any atom is -0.361 e. The van der Waals surface area contributed by atoms with E-state index in [9.17, 15) is 0 Å². The Bertz CT molecular complexity index is 1070. The molecular weight excluding hydrogens is 358 g/mol. The number of nitrogens with zero attached hydrogens (tertiary/aromatic N) is 5. The molecule has 0 aliphatic rings. The predicted octanol–water partition coefficient (Wildman–Crippen LogP) is 4.53. The third-order valence-corrected chi connectivity index (χ3v) is 5.31. The summed E-state index contributed by atoms with van der Waals surface area (Å²) in [7, 11) is 0. The molecule has 4 aromatic rings. The Balaban J connectivity index is 1.76. The van der Waals surface area contributed by atoms with Crippen molar-refractivity contribution in [3.8, 4) is 17.1 Å². The Morgan fingerprint density at radius 3 is 2.48 bits per heavy atom. The molecule has 136 valence electrons. The van der Waals surface area contributed by atoms with Gasteiger partial charge in [0.05, 0.1) is 11.4 Å². The average molecular weight is 377 g/mol. The fourth-order valence-electron chi connectivity index (χ4n) is 2.77. The monoisotopic (exact) mass is 377 g/mol. The Morgan fingerprint density at radius 1 is 0.963 bits per heavy atom. The zero-order valence-electron chi connectivity index (χ0n) is 15.4. The maximum Gasteiger partial charge on any atom is 0.196 e. The van der Waals surface area contributed by atoms with E-state index in [1.54, 1.807) is 24.2 Å². The van der Waals surface area contributed by atoms with Crippen LogP contribution in [0.25, 0.3) is 17.1 Å². The lowest BCUT2D eigenvalue weighted by Crippen LogP contribution is -2.01. The minimum atomic E-state index is 0.663. The lowest BCUT2D eigenvalue weighted by molar-refractivity contribution is 0.393. The van der Waals surface area contributed by atoms with Gasteiger partial charge >= 0.3 is 0 Å². The number of rotatable bonds is 5. The highest BCUT2D eigenvalue weighted by atomic mass is 32.2. The van der Waals surface area contributed by atoms with E-state index in [1.165, 1.54) is 11.1 Å². The number of hydrogen-bond acceptors (Lipinski definition) is 6. The molecule has 0 fully saturated rings. The summed E-state index contributed by atoms with van der Waals surface area (Å²) < 4.78 is 7.24. The summed E-state index contributed by atoms with van der Waals surface area (Å²) in [4.78, 5) is 4.10. The normalized spacial score (nSPS) is 11.1. The predicted molar refractivity (Wildman–Crippen MR) is 105 cm³/mol. The fourth-order valence-corrected chi connectivity index (χ4v) is 3.61. The highest BCUT2D eigenvalue weighted by Gasteiger charge is 2.17. The second kappa shape index (κ2) is 7.36. The van der Waals surface area contributed by atoms with E-state index in [4.69, 9.17) is 4.52 Å². The quantitative estimate of drug-likeness (QED) is 0.476. The smallest absolute Gasteiger partial charge is 0.196 e. The zero-order chi connectivity index (χ0) is 18.8. The first kappa shape index (κ1) is 17.5. The fraction of sp³-hybridized carbons (Fsp3) is 0.200. The Labute approximate surface area is 161 Å². The van der Waals surface area contributed by atoms with Crippen molar-refractivity contribution in [2.45, 2.75) is 31.7 Å². The number of thioether (sulfide) groups is 1. The largest absolute Gasteiger partial charge is 0.361 e. The molecule has 7 heteroatoms. The van der Waals surface area contributed by atoms with Crippen molar-refractivity contribution in [3.05, 3.63) is 71.4 Å². The molecule has 0 spiro atoms. The first-order chi connectivity index (χ1) is 13.1. The highest BCUT2D eigenvalue weighted by Crippen LogP contribution is 2.30. The van der Waals surface area contributed by atoms with E-state index < -0.39 is 0 Å². The van der Waals surface area contributed by atoms with Gasteiger partial charge in [0.25, 0.3) is 0 Å². The molecule has 0 atom stereocenters. The number of pyridine rings is 1. The van der Waals surface area contributed by atoms with Gasteiger partial charge in [0.15, 0.2) is 11.0 Å². The topological polar surface area (TPSA) is 69.6 Å². The maximum atomic E-state index is 5.16. The number of benzene rings is 1. The number of aromatic nitrogens is 5. The van der Waals surface area contributed by atoms with Gasteiger partial charge in [-0.2, -0.15) is 0 Å². The summed E-state index contributed by atoms with van der Waals surface area (Å²) in [5, 5.41) is 13.8. The molecule has 0 radical (unpaired) electrons. The van der Waals surface area contributed by atoms with Crippen LogP contribution in [-0.4, -0.2) is 24.9 Å². The van der Waals surface area contributed by atoms with E-state index in [0.29, 0.717) is 5.75 Å². The van der Waals surface area contributed by atoms with E-state index in [2.05, 4.69) is 57.0 Å². The highest BCUT2D eigenvalue weighted by molar-refractivity contribution is 7.98. The second-order valence-corrected chi connectivity index (χ2v) is 7.31. The van der Waals surface area contributed by atoms with Crippen molar-refractivity contribution in [2.24, 2.45) is 0 Å². The third-order valence-electron chi connectivity index (χ3n) is 4.35. The Morgan fingerprint density at radius 2 is 1.78 bits per heavy atom. The summed E-state index contributed by atoms with van der Waals surface area (Å²) in [6, 6.07) is 12.2. The molecule has 0 aliphatic heterocycles. The molecule has 0 saturated heterocycles. The van der Waals surface area contributed by atoms with Crippen LogP contribution in [0.2, 0.25) is 0 Å². The zero-order valence-corrected chi connectivity index (χ0v) is 16.2. The van der Waals surface area contributed by atoms with Crippen molar-refractivity contribution in [2.75, 3.05) is 0 Å². The van der Waals surface area contributed by atoms with Crippen molar-refractivity contribution in [1.82, 2.24) is 24.9 Å². The van der Waals surface area contributed by atoms with E-state index >= 15 is 0 Å². The minimum absolute atomic E-state index is 0.663. The van der Waals surface area contributed by atoms with Crippen molar-refractivity contribution < 1.29 is 4.52 Å². The molecule has 27 heavy (non-hydrogen) atoms. The standard InChI is InChI=1S/C20H19N5OS/c1-13-4-5-18(10-14(13)2)25-19(16-6-8-21-9-7-16)22-23-20(25)27-12-17-11-15(3)26-24-17/h4-11H,12H2,1-3H3. The average Bonchev–Trinajstić information content (AvgIpc) is 3.29. The molecule has 0 bridgehead atoms. The van der Waals surface area contributed by atoms with Crippen LogP contribution in [0.5, 0.6) is 0 Å². The summed E-state index contributed by atoms with van der Waals surface area (Å²) in [5.74, 6) is 2.26. The molecule has 3 aromatic heterocycles. The molecule has 0 amide bonds.